The fraction of sp³-hybridized carbons (Fsp3) is 0.562. The van der Waals surface area contributed by atoms with Crippen LogP contribution in [0.2, 0.25) is 0 Å². The van der Waals surface area contributed by atoms with Crippen LogP contribution in [0.1, 0.15) is 32.6 Å². The third-order valence-electron chi connectivity index (χ3n) is 4.40. The molecule has 1 amide bonds. The summed E-state index contributed by atoms with van der Waals surface area (Å²) in [6.45, 7) is 4.21. The molecular formula is C16H22N2O3. The molecule has 2 N–H and O–H groups in total. The van der Waals surface area contributed by atoms with E-state index in [0.29, 0.717) is 5.75 Å². The maximum atomic E-state index is 12.8. The van der Waals surface area contributed by atoms with Crippen LogP contribution in [-0.4, -0.2) is 25.8 Å². The Morgan fingerprint density at radius 2 is 2.05 bits per heavy atom. The average molecular weight is 290 g/mol. The summed E-state index contributed by atoms with van der Waals surface area (Å²) in [6, 6.07) is 5.54. The van der Waals surface area contributed by atoms with E-state index in [-0.39, 0.29) is 18.1 Å². The molecule has 0 unspecified atom stereocenters. The van der Waals surface area contributed by atoms with Crippen molar-refractivity contribution in [2.24, 2.45) is 5.41 Å². The molecule has 2 aliphatic heterocycles. The highest BCUT2D eigenvalue weighted by Gasteiger charge is 2.38. The molecule has 0 radical (unpaired) electrons. The van der Waals surface area contributed by atoms with Gasteiger partial charge < -0.3 is 20.1 Å². The second kappa shape index (κ2) is 5.93. The number of rotatable bonds is 4. The lowest BCUT2D eigenvalue weighted by molar-refractivity contribution is -0.127. The molecule has 21 heavy (non-hydrogen) atoms. The van der Waals surface area contributed by atoms with Crippen molar-refractivity contribution in [3.05, 3.63) is 18.2 Å². The van der Waals surface area contributed by atoms with Gasteiger partial charge in [-0.2, -0.15) is 0 Å². The van der Waals surface area contributed by atoms with Crippen LogP contribution in [0.3, 0.4) is 0 Å². The molecule has 0 aromatic heterocycles. The van der Waals surface area contributed by atoms with Crippen LogP contribution in [-0.2, 0) is 4.79 Å². The molecule has 1 fully saturated rings. The number of carbonyl (C=O) groups is 1. The Kier molecular flexibility index (Phi) is 4.01. The van der Waals surface area contributed by atoms with Crippen LogP contribution >= 0.6 is 0 Å². The van der Waals surface area contributed by atoms with Gasteiger partial charge in [0, 0.05) is 11.8 Å². The predicted molar refractivity (Wildman–Crippen MR) is 80.6 cm³/mol. The molecule has 0 aliphatic carbocycles. The van der Waals surface area contributed by atoms with Crippen LogP contribution in [0.4, 0.5) is 5.69 Å². The molecule has 2 heterocycles. The van der Waals surface area contributed by atoms with Gasteiger partial charge in [-0.25, -0.2) is 0 Å². The summed E-state index contributed by atoms with van der Waals surface area (Å²) in [7, 11) is 0. The van der Waals surface area contributed by atoms with Gasteiger partial charge in [0.25, 0.3) is 0 Å². The number of carbonyl (C=O) groups excluding carboxylic acids is 1. The summed E-state index contributed by atoms with van der Waals surface area (Å²) in [5, 5.41) is 6.40. The summed E-state index contributed by atoms with van der Waals surface area (Å²) >= 11 is 0. The summed E-state index contributed by atoms with van der Waals surface area (Å²) in [5.74, 6) is 1.56. The average Bonchev–Trinajstić information content (AvgIpc) is 2.96. The van der Waals surface area contributed by atoms with E-state index in [2.05, 4.69) is 17.6 Å². The number of nitrogens with one attached hydrogen (secondary N) is 2. The fourth-order valence-corrected chi connectivity index (χ4v) is 3.21. The third-order valence-corrected chi connectivity index (χ3v) is 4.40. The first kappa shape index (κ1) is 14.2. The van der Waals surface area contributed by atoms with E-state index in [1.165, 1.54) is 0 Å². The Morgan fingerprint density at radius 1 is 1.29 bits per heavy atom. The molecule has 1 saturated heterocycles. The monoisotopic (exact) mass is 290 g/mol. The minimum Gasteiger partial charge on any atom is -0.454 e. The number of benzene rings is 1. The molecule has 1 aromatic rings. The third kappa shape index (κ3) is 2.83. The van der Waals surface area contributed by atoms with E-state index in [4.69, 9.17) is 9.47 Å². The van der Waals surface area contributed by atoms with Crippen molar-refractivity contribution >= 4 is 11.6 Å². The van der Waals surface area contributed by atoms with Crippen molar-refractivity contribution in [1.82, 2.24) is 5.32 Å². The number of hydrogen-bond donors (Lipinski definition) is 2. The molecule has 0 spiro atoms. The highest BCUT2D eigenvalue weighted by Crippen LogP contribution is 2.37. The van der Waals surface area contributed by atoms with E-state index in [9.17, 15) is 4.79 Å². The Bertz CT molecular complexity index is 519. The van der Waals surface area contributed by atoms with Gasteiger partial charge in [-0.05, 0) is 44.5 Å². The molecule has 3 rings (SSSR count). The van der Waals surface area contributed by atoms with E-state index in [1.54, 1.807) is 0 Å². The van der Waals surface area contributed by atoms with Crippen molar-refractivity contribution in [2.45, 2.75) is 32.6 Å². The van der Waals surface area contributed by atoms with Gasteiger partial charge in [0.15, 0.2) is 11.5 Å². The first-order valence-corrected chi connectivity index (χ1v) is 7.65. The zero-order valence-electron chi connectivity index (χ0n) is 12.4. The highest BCUT2D eigenvalue weighted by molar-refractivity contribution is 5.95. The minimum atomic E-state index is -0.240. The van der Waals surface area contributed by atoms with E-state index in [1.807, 2.05) is 18.2 Å². The predicted octanol–water partition coefficient (Wildman–Crippen LogP) is 2.52. The number of amides is 1. The van der Waals surface area contributed by atoms with Crippen LogP contribution in [0.25, 0.3) is 0 Å². The number of piperidine rings is 1. The topological polar surface area (TPSA) is 59.6 Å². The molecule has 114 valence electrons. The van der Waals surface area contributed by atoms with Crippen LogP contribution < -0.4 is 20.1 Å². The molecule has 1 aromatic carbocycles. The highest BCUT2D eigenvalue weighted by atomic mass is 16.7. The summed E-state index contributed by atoms with van der Waals surface area (Å²) < 4.78 is 10.6. The summed E-state index contributed by atoms with van der Waals surface area (Å²) in [5.41, 5.74) is 0.536. The molecule has 5 heteroatoms. The normalized spacial score (nSPS) is 19.3. The van der Waals surface area contributed by atoms with Gasteiger partial charge in [-0.15, -0.1) is 0 Å². The zero-order chi connectivity index (χ0) is 14.7. The standard InChI is InChI=1S/C16H22N2O3/c1-2-5-16(6-8-17-9-7-16)15(19)18-12-3-4-13-14(10-12)21-11-20-13/h3-4,10,17H,2,5-9,11H2,1H3,(H,18,19). The SMILES string of the molecule is CCCC1(C(=O)Nc2ccc3c(c2)OCO3)CCNCC1. The molecular weight excluding hydrogens is 268 g/mol. The van der Waals surface area contributed by atoms with Gasteiger partial charge in [-0.1, -0.05) is 13.3 Å². The smallest absolute Gasteiger partial charge is 0.231 e. The van der Waals surface area contributed by atoms with Crippen molar-refractivity contribution in [1.29, 1.82) is 0 Å². The second-order valence-electron chi connectivity index (χ2n) is 5.80. The number of anilines is 1. The lowest BCUT2D eigenvalue weighted by Gasteiger charge is -2.36. The lowest BCUT2D eigenvalue weighted by Crippen LogP contribution is -2.44. The van der Waals surface area contributed by atoms with Crippen LogP contribution in [0.15, 0.2) is 18.2 Å². The first-order valence-electron chi connectivity index (χ1n) is 7.65. The van der Waals surface area contributed by atoms with Gasteiger partial charge in [0.2, 0.25) is 12.7 Å². The van der Waals surface area contributed by atoms with E-state index < -0.39 is 0 Å². The van der Waals surface area contributed by atoms with Crippen molar-refractivity contribution in [2.75, 3.05) is 25.2 Å². The molecule has 0 atom stereocenters. The minimum absolute atomic E-state index is 0.129. The Hall–Kier alpha value is -1.75. The number of hydrogen-bond acceptors (Lipinski definition) is 4. The second-order valence-corrected chi connectivity index (χ2v) is 5.80. The largest absolute Gasteiger partial charge is 0.454 e. The van der Waals surface area contributed by atoms with Crippen LogP contribution in [0.5, 0.6) is 11.5 Å². The van der Waals surface area contributed by atoms with Gasteiger partial charge in [0.05, 0.1) is 5.41 Å². The lowest BCUT2D eigenvalue weighted by atomic mass is 9.74. The number of ether oxygens (including phenoxy) is 2. The Morgan fingerprint density at radius 3 is 2.81 bits per heavy atom. The van der Waals surface area contributed by atoms with Gasteiger partial charge in [0.1, 0.15) is 0 Å². The van der Waals surface area contributed by atoms with Crippen molar-refractivity contribution in [3.8, 4) is 11.5 Å². The summed E-state index contributed by atoms with van der Waals surface area (Å²) in [4.78, 5) is 12.8. The maximum Gasteiger partial charge on any atom is 0.231 e. The molecule has 2 aliphatic rings. The molecule has 5 nitrogen and oxygen atoms in total. The van der Waals surface area contributed by atoms with E-state index >= 15 is 0 Å². The maximum absolute atomic E-state index is 12.8. The fourth-order valence-electron chi connectivity index (χ4n) is 3.21. The van der Waals surface area contributed by atoms with Gasteiger partial charge >= 0.3 is 0 Å². The van der Waals surface area contributed by atoms with Crippen LogP contribution in [0, 0.1) is 5.41 Å². The molecule has 0 bridgehead atoms. The zero-order valence-corrected chi connectivity index (χ0v) is 12.4. The van der Waals surface area contributed by atoms with Crippen molar-refractivity contribution < 1.29 is 14.3 Å². The van der Waals surface area contributed by atoms with E-state index in [0.717, 1.165) is 50.2 Å². The molecule has 0 saturated carbocycles. The van der Waals surface area contributed by atoms with Gasteiger partial charge in [-0.3, -0.25) is 4.79 Å². The van der Waals surface area contributed by atoms with Crippen molar-refractivity contribution in [3.63, 3.8) is 0 Å². The Balaban J connectivity index is 1.74. The summed E-state index contributed by atoms with van der Waals surface area (Å²) in [6.07, 6.45) is 3.76. The number of fused-ring (bicyclic) bond motifs is 1. The quantitative estimate of drug-likeness (QED) is 0.894. The first-order chi connectivity index (χ1) is 10.2. The Labute approximate surface area is 125 Å².